The molecule has 0 aliphatic carbocycles. The number of carboxylic acids is 2. The Bertz CT molecular complexity index is 1220. The lowest BCUT2D eigenvalue weighted by molar-refractivity contribution is 0.0695. The van der Waals surface area contributed by atoms with E-state index in [1.807, 2.05) is 0 Å². The Kier molecular flexibility index (Phi) is 6.17. The van der Waals surface area contributed by atoms with Crippen molar-refractivity contribution in [2.45, 2.75) is 6.61 Å². The minimum absolute atomic E-state index is 0.0286. The fraction of sp³-hybridized carbons (Fsp3) is 0.0952. The number of rotatable bonds is 7. The standard InChI is InChI=1S/C21H17ClN2O7/c1-30-13-4-2-3-12(17(13)31-9-10-5-7-11(22)8-6-10)14-15(20(26)27)18(23)24-19(25)16(14)21(28)29/h2-8H,9H2,1H3,(H,26,27)(H,28,29)(H3,23,24,25). The lowest BCUT2D eigenvalue weighted by Crippen LogP contribution is -2.24. The third-order valence-corrected chi connectivity index (χ3v) is 4.69. The zero-order chi connectivity index (χ0) is 22.7. The molecule has 0 bridgehead atoms. The van der Waals surface area contributed by atoms with Crippen molar-refractivity contribution in [2.24, 2.45) is 0 Å². The van der Waals surface area contributed by atoms with E-state index in [9.17, 15) is 24.6 Å². The average Bonchev–Trinajstić information content (AvgIpc) is 2.71. The number of hydrogen-bond acceptors (Lipinski definition) is 6. The third kappa shape index (κ3) is 4.31. The maximum atomic E-state index is 12.3. The maximum absolute atomic E-state index is 12.3. The number of anilines is 1. The van der Waals surface area contributed by atoms with Crippen molar-refractivity contribution < 1.29 is 29.3 Å². The van der Waals surface area contributed by atoms with Crippen molar-refractivity contribution in [3.05, 3.63) is 74.5 Å². The number of hydrogen-bond donors (Lipinski definition) is 4. The van der Waals surface area contributed by atoms with Crippen LogP contribution in [-0.4, -0.2) is 34.2 Å². The van der Waals surface area contributed by atoms with Crippen molar-refractivity contribution in [2.75, 3.05) is 12.8 Å². The van der Waals surface area contributed by atoms with Crippen LogP contribution in [0.1, 0.15) is 26.3 Å². The number of H-pyrrole nitrogens is 1. The van der Waals surface area contributed by atoms with Crippen molar-refractivity contribution in [3.8, 4) is 22.6 Å². The minimum Gasteiger partial charge on any atom is -0.493 e. The van der Waals surface area contributed by atoms with Gasteiger partial charge in [0.25, 0.3) is 5.56 Å². The zero-order valence-electron chi connectivity index (χ0n) is 16.1. The highest BCUT2D eigenvalue weighted by Crippen LogP contribution is 2.41. The van der Waals surface area contributed by atoms with Gasteiger partial charge < -0.3 is 30.4 Å². The summed E-state index contributed by atoms with van der Waals surface area (Å²) in [6.45, 7) is 0.0357. The molecule has 10 heteroatoms. The number of nitrogen functional groups attached to an aromatic ring is 1. The normalized spacial score (nSPS) is 10.5. The lowest BCUT2D eigenvalue weighted by Gasteiger charge is -2.18. The molecule has 0 unspecified atom stereocenters. The van der Waals surface area contributed by atoms with Gasteiger partial charge in [-0.3, -0.25) is 4.79 Å². The van der Waals surface area contributed by atoms with Gasteiger partial charge in [-0.1, -0.05) is 35.9 Å². The SMILES string of the molecule is COc1cccc(-c2c(C(=O)O)c(N)[nH]c(=O)c2C(=O)O)c1OCc1ccc(Cl)cc1. The first-order valence-electron chi connectivity index (χ1n) is 8.81. The molecular formula is C21H17ClN2O7. The number of nitrogens with one attached hydrogen (secondary N) is 1. The van der Waals surface area contributed by atoms with Gasteiger partial charge in [-0.2, -0.15) is 0 Å². The fourth-order valence-electron chi connectivity index (χ4n) is 3.07. The highest BCUT2D eigenvalue weighted by molar-refractivity contribution is 6.30. The van der Waals surface area contributed by atoms with E-state index < -0.39 is 34.4 Å². The summed E-state index contributed by atoms with van der Waals surface area (Å²) in [6.07, 6.45) is 0. The van der Waals surface area contributed by atoms with Gasteiger partial charge in [0, 0.05) is 16.1 Å². The molecule has 0 atom stereocenters. The van der Waals surface area contributed by atoms with Crippen LogP contribution in [0.3, 0.4) is 0 Å². The van der Waals surface area contributed by atoms with E-state index in [-0.39, 0.29) is 29.2 Å². The van der Waals surface area contributed by atoms with E-state index in [4.69, 9.17) is 26.8 Å². The number of pyridine rings is 1. The molecule has 0 fully saturated rings. The van der Waals surface area contributed by atoms with Gasteiger partial charge in [0.05, 0.1) is 7.11 Å². The Morgan fingerprint density at radius 3 is 2.29 bits per heavy atom. The molecule has 2 aromatic carbocycles. The van der Waals surface area contributed by atoms with E-state index in [0.29, 0.717) is 5.02 Å². The minimum atomic E-state index is -1.62. The number of ether oxygens (including phenoxy) is 2. The second-order valence-corrected chi connectivity index (χ2v) is 6.79. The molecule has 31 heavy (non-hydrogen) atoms. The molecule has 1 heterocycles. The van der Waals surface area contributed by atoms with Gasteiger partial charge >= 0.3 is 11.9 Å². The van der Waals surface area contributed by atoms with Crippen LogP contribution in [0.2, 0.25) is 5.02 Å². The molecular weight excluding hydrogens is 428 g/mol. The Morgan fingerprint density at radius 2 is 1.71 bits per heavy atom. The van der Waals surface area contributed by atoms with Crippen LogP contribution in [-0.2, 0) is 6.61 Å². The van der Waals surface area contributed by atoms with Crippen molar-refractivity contribution in [3.63, 3.8) is 0 Å². The van der Waals surface area contributed by atoms with Gasteiger partial charge in [-0.15, -0.1) is 0 Å². The number of methoxy groups -OCH3 is 1. The van der Waals surface area contributed by atoms with Crippen LogP contribution in [0.4, 0.5) is 5.82 Å². The summed E-state index contributed by atoms with van der Waals surface area (Å²) >= 11 is 5.89. The Morgan fingerprint density at radius 1 is 1.06 bits per heavy atom. The maximum Gasteiger partial charge on any atom is 0.342 e. The van der Waals surface area contributed by atoms with E-state index >= 15 is 0 Å². The van der Waals surface area contributed by atoms with Crippen LogP contribution in [0.5, 0.6) is 11.5 Å². The van der Waals surface area contributed by atoms with Gasteiger partial charge in [-0.25, -0.2) is 9.59 Å². The monoisotopic (exact) mass is 444 g/mol. The average molecular weight is 445 g/mol. The largest absolute Gasteiger partial charge is 0.493 e. The van der Waals surface area contributed by atoms with Gasteiger partial charge in [-0.05, 0) is 23.8 Å². The summed E-state index contributed by atoms with van der Waals surface area (Å²) in [7, 11) is 1.37. The summed E-state index contributed by atoms with van der Waals surface area (Å²) in [5.41, 5.74) is 3.71. The first-order valence-corrected chi connectivity index (χ1v) is 9.19. The number of nitrogens with two attached hydrogens (primary N) is 1. The number of aromatic nitrogens is 1. The number of para-hydroxylation sites is 1. The van der Waals surface area contributed by atoms with Gasteiger partial charge in [0.1, 0.15) is 23.6 Å². The number of halogens is 1. The number of aromatic amines is 1. The van der Waals surface area contributed by atoms with E-state index in [1.54, 1.807) is 30.3 Å². The molecule has 3 aromatic rings. The highest BCUT2D eigenvalue weighted by Gasteiger charge is 2.29. The first-order chi connectivity index (χ1) is 14.7. The quantitative estimate of drug-likeness (QED) is 0.433. The van der Waals surface area contributed by atoms with Crippen molar-refractivity contribution in [1.29, 1.82) is 0 Å². The van der Waals surface area contributed by atoms with Crippen molar-refractivity contribution >= 4 is 29.4 Å². The summed E-state index contributed by atoms with van der Waals surface area (Å²) in [4.78, 5) is 38.1. The topological polar surface area (TPSA) is 152 Å². The Labute approximate surface area is 180 Å². The van der Waals surface area contributed by atoms with E-state index in [1.165, 1.54) is 19.2 Å². The molecule has 0 spiro atoms. The number of benzene rings is 2. The molecule has 160 valence electrons. The van der Waals surface area contributed by atoms with Gasteiger partial charge in [0.15, 0.2) is 11.5 Å². The van der Waals surface area contributed by atoms with Crippen LogP contribution < -0.4 is 20.8 Å². The smallest absolute Gasteiger partial charge is 0.342 e. The van der Waals surface area contributed by atoms with Crippen LogP contribution in [0.25, 0.3) is 11.1 Å². The summed E-state index contributed by atoms with van der Waals surface area (Å²) in [5.74, 6) is -3.36. The molecule has 0 aliphatic heterocycles. The van der Waals surface area contributed by atoms with E-state index in [2.05, 4.69) is 4.98 Å². The summed E-state index contributed by atoms with van der Waals surface area (Å²) < 4.78 is 11.2. The number of carbonyl (C=O) groups is 2. The molecule has 0 saturated carbocycles. The molecule has 1 aromatic heterocycles. The van der Waals surface area contributed by atoms with Crippen molar-refractivity contribution in [1.82, 2.24) is 4.98 Å². The second kappa shape index (κ2) is 8.80. The summed E-state index contributed by atoms with van der Waals surface area (Å²) in [5, 5.41) is 19.8. The summed E-state index contributed by atoms with van der Waals surface area (Å²) in [6, 6.07) is 11.3. The predicted molar refractivity (Wildman–Crippen MR) is 113 cm³/mol. The second-order valence-electron chi connectivity index (χ2n) is 6.36. The molecule has 3 rings (SSSR count). The molecule has 5 N–H and O–H groups in total. The van der Waals surface area contributed by atoms with Crippen LogP contribution in [0.15, 0.2) is 47.3 Å². The highest BCUT2D eigenvalue weighted by atomic mass is 35.5. The number of carboxylic acid groups (broad SMARTS) is 2. The Balaban J connectivity index is 2.26. The van der Waals surface area contributed by atoms with E-state index in [0.717, 1.165) is 5.56 Å². The molecule has 0 aliphatic rings. The molecule has 0 radical (unpaired) electrons. The first kappa shape index (κ1) is 21.7. The Hall–Kier alpha value is -3.98. The molecule has 0 saturated heterocycles. The molecule has 9 nitrogen and oxygen atoms in total. The van der Waals surface area contributed by atoms with Crippen LogP contribution >= 0.6 is 11.6 Å². The van der Waals surface area contributed by atoms with Gasteiger partial charge in [0.2, 0.25) is 0 Å². The number of aromatic carboxylic acids is 2. The molecule has 0 amide bonds. The third-order valence-electron chi connectivity index (χ3n) is 4.44. The zero-order valence-corrected chi connectivity index (χ0v) is 16.9. The predicted octanol–water partition coefficient (Wildman–Crippen LogP) is 3.26. The van der Waals surface area contributed by atoms with Crippen LogP contribution in [0, 0.1) is 0 Å². The lowest BCUT2D eigenvalue weighted by atomic mass is 9.94. The fourth-order valence-corrected chi connectivity index (χ4v) is 3.20.